The van der Waals surface area contributed by atoms with E-state index in [0.29, 0.717) is 0 Å². The summed E-state index contributed by atoms with van der Waals surface area (Å²) in [5.41, 5.74) is 13.0. The minimum atomic E-state index is -1.35. The quantitative estimate of drug-likeness (QED) is 0.0465. The number of methoxy groups -OCH3 is 1. The van der Waals surface area contributed by atoms with Crippen molar-refractivity contribution in [3.05, 3.63) is 154 Å². The van der Waals surface area contributed by atoms with Gasteiger partial charge in [0.25, 0.3) is 0 Å². The highest BCUT2D eigenvalue weighted by Gasteiger charge is 2.54. The number of azide groups is 1. The molecule has 15 nitrogen and oxygen atoms in total. The third-order valence-electron chi connectivity index (χ3n) is 10.0. The summed E-state index contributed by atoms with van der Waals surface area (Å²) in [6.07, 6.45) is -9.30. The Morgan fingerprint density at radius 2 is 1.12 bits per heavy atom. The Balaban J connectivity index is 1.39. The van der Waals surface area contributed by atoms with Crippen LogP contribution in [-0.4, -0.2) is 93.5 Å². The van der Waals surface area contributed by atoms with Gasteiger partial charge in [0.2, 0.25) is 5.91 Å². The van der Waals surface area contributed by atoms with E-state index in [0.717, 1.165) is 22.3 Å². The van der Waals surface area contributed by atoms with Gasteiger partial charge in [-0.15, -0.1) is 0 Å². The molecule has 2 aliphatic rings. The molecule has 60 heavy (non-hydrogen) atoms. The van der Waals surface area contributed by atoms with E-state index in [-0.39, 0.29) is 45.5 Å². The lowest BCUT2D eigenvalue weighted by molar-refractivity contribution is -0.356. The summed E-state index contributed by atoms with van der Waals surface area (Å²) in [7, 11) is 1.44. The average molecular weight is 825 g/mol. The number of ether oxygens (including phenoxy) is 9. The van der Waals surface area contributed by atoms with Gasteiger partial charge in [0.15, 0.2) is 18.7 Å². The topological polar surface area (TPSA) is 178 Å². The van der Waals surface area contributed by atoms with Crippen LogP contribution in [0.25, 0.3) is 10.4 Å². The predicted octanol–water partition coefficient (Wildman–Crippen LogP) is 6.19. The van der Waals surface area contributed by atoms with Gasteiger partial charge in [-0.1, -0.05) is 126 Å². The van der Waals surface area contributed by atoms with E-state index in [9.17, 15) is 15.1 Å². The van der Waals surface area contributed by atoms with Crippen LogP contribution in [0.1, 0.15) is 36.1 Å². The van der Waals surface area contributed by atoms with Crippen LogP contribution in [-0.2, 0) is 78.6 Å². The molecule has 0 unspecified atom stereocenters. The Morgan fingerprint density at radius 3 is 1.60 bits per heavy atom. The maximum absolute atomic E-state index is 13.0. The summed E-state index contributed by atoms with van der Waals surface area (Å²) in [5.74, 6) is -0.995. The molecule has 2 fully saturated rings. The minimum absolute atomic E-state index is 0.0315. The molecule has 4 aromatic rings. The highest BCUT2D eigenvalue weighted by atomic mass is 16.8. The van der Waals surface area contributed by atoms with Gasteiger partial charge in [0.05, 0.1) is 45.7 Å². The summed E-state index contributed by atoms with van der Waals surface area (Å²) in [6.45, 7) is 3.19. The molecule has 0 saturated carbocycles. The molecule has 0 aliphatic carbocycles. The Kier molecular flexibility index (Phi) is 17.0. The fourth-order valence-electron chi connectivity index (χ4n) is 7.27. The average Bonchev–Trinajstić information content (AvgIpc) is 3.26. The van der Waals surface area contributed by atoms with Crippen LogP contribution in [0.5, 0.6) is 0 Å². The second kappa shape index (κ2) is 23.0. The summed E-state index contributed by atoms with van der Waals surface area (Å²) >= 11 is 0. The first-order chi connectivity index (χ1) is 29.3. The summed E-state index contributed by atoms with van der Waals surface area (Å²) in [6, 6.07) is 37.5. The van der Waals surface area contributed by atoms with Crippen LogP contribution in [0.4, 0.5) is 0 Å². The number of hydrogen-bond donors (Lipinski definition) is 1. The standard InChI is InChI=1S/C45H52N4O11/c1-30(50)48-38-41(55-27-34-20-12-6-13-21-34)40(36(24-47-49-46)58-44(38)52-3)60-45-43(57-31(2)51)42(56-28-35-22-14-7-15-23-35)39(54-26-33-18-10-5-11-19-33)37(59-45)29-53-25-32-16-8-4-9-17-32/h4-23,36-45H,24-29H2,1-3H3,(H,48,50)/t36-,37-,38-,39+,40-,41-,42+,43-,44-,45+/m1/s1. The van der Waals surface area contributed by atoms with Crippen LogP contribution >= 0.6 is 0 Å². The van der Waals surface area contributed by atoms with Gasteiger partial charge in [0, 0.05) is 25.9 Å². The van der Waals surface area contributed by atoms with Crippen LogP contribution in [0, 0.1) is 0 Å². The van der Waals surface area contributed by atoms with Crippen LogP contribution < -0.4 is 5.32 Å². The van der Waals surface area contributed by atoms with E-state index in [4.69, 9.17) is 42.6 Å². The van der Waals surface area contributed by atoms with Gasteiger partial charge in [-0.05, 0) is 27.8 Å². The zero-order chi connectivity index (χ0) is 42.1. The van der Waals surface area contributed by atoms with Gasteiger partial charge < -0.3 is 47.9 Å². The molecule has 318 valence electrons. The van der Waals surface area contributed by atoms with E-state index in [2.05, 4.69) is 15.3 Å². The van der Waals surface area contributed by atoms with E-state index in [1.54, 1.807) is 0 Å². The minimum Gasteiger partial charge on any atom is -0.454 e. The lowest BCUT2D eigenvalue weighted by Crippen LogP contribution is -2.68. The molecule has 10 atom stereocenters. The first-order valence-corrected chi connectivity index (χ1v) is 19.9. The first kappa shape index (κ1) is 44.4. The third-order valence-corrected chi connectivity index (χ3v) is 10.0. The number of benzene rings is 4. The number of carbonyl (C=O) groups is 2. The van der Waals surface area contributed by atoms with Crippen LogP contribution in [0.15, 0.2) is 126 Å². The van der Waals surface area contributed by atoms with Crippen molar-refractivity contribution in [1.82, 2.24) is 5.32 Å². The van der Waals surface area contributed by atoms with E-state index < -0.39 is 67.3 Å². The predicted molar refractivity (Wildman–Crippen MR) is 218 cm³/mol. The van der Waals surface area contributed by atoms with Crippen molar-refractivity contribution in [1.29, 1.82) is 0 Å². The Labute approximate surface area is 349 Å². The number of carbonyl (C=O) groups excluding carboxylic acids is 2. The van der Waals surface area contributed by atoms with Crippen molar-refractivity contribution in [2.45, 2.75) is 102 Å². The smallest absolute Gasteiger partial charge is 0.303 e. The number of rotatable bonds is 20. The maximum Gasteiger partial charge on any atom is 0.303 e. The molecule has 0 aromatic heterocycles. The van der Waals surface area contributed by atoms with Gasteiger partial charge >= 0.3 is 5.97 Å². The summed E-state index contributed by atoms with van der Waals surface area (Å²) in [4.78, 5) is 28.7. The molecule has 0 radical (unpaired) electrons. The van der Waals surface area contributed by atoms with Gasteiger partial charge in [-0.25, -0.2) is 0 Å². The molecule has 6 rings (SSSR count). The largest absolute Gasteiger partial charge is 0.454 e. The zero-order valence-electron chi connectivity index (χ0n) is 33.9. The summed E-state index contributed by atoms with van der Waals surface area (Å²) in [5, 5.41) is 6.73. The maximum atomic E-state index is 13.0. The van der Waals surface area contributed by atoms with Crippen LogP contribution in [0.3, 0.4) is 0 Å². The van der Waals surface area contributed by atoms with E-state index in [1.807, 2.05) is 121 Å². The lowest BCUT2D eigenvalue weighted by atomic mass is 9.94. The Bertz CT molecular complexity index is 1940. The molecule has 4 aromatic carbocycles. The molecule has 1 amide bonds. The van der Waals surface area contributed by atoms with Gasteiger partial charge in [-0.3, -0.25) is 9.59 Å². The van der Waals surface area contributed by atoms with Crippen molar-refractivity contribution in [2.24, 2.45) is 5.11 Å². The monoisotopic (exact) mass is 824 g/mol. The molecule has 2 saturated heterocycles. The van der Waals surface area contributed by atoms with Crippen molar-refractivity contribution in [3.8, 4) is 0 Å². The molecule has 15 heteroatoms. The number of amides is 1. The third kappa shape index (κ3) is 12.7. The van der Waals surface area contributed by atoms with Gasteiger partial charge in [-0.2, -0.15) is 0 Å². The first-order valence-electron chi connectivity index (χ1n) is 19.9. The second-order valence-corrected chi connectivity index (χ2v) is 14.4. The van der Waals surface area contributed by atoms with Gasteiger partial charge in [0.1, 0.15) is 36.6 Å². The molecule has 2 heterocycles. The highest BCUT2D eigenvalue weighted by Crippen LogP contribution is 2.35. The Morgan fingerprint density at radius 1 is 0.633 bits per heavy atom. The molecular weight excluding hydrogens is 773 g/mol. The number of nitrogens with one attached hydrogen (secondary N) is 1. The Hall–Kier alpha value is -5.19. The molecular formula is C45H52N4O11. The zero-order valence-corrected chi connectivity index (χ0v) is 33.9. The number of esters is 1. The van der Waals surface area contributed by atoms with Crippen molar-refractivity contribution in [3.63, 3.8) is 0 Å². The fourth-order valence-corrected chi connectivity index (χ4v) is 7.27. The highest BCUT2D eigenvalue weighted by molar-refractivity contribution is 5.73. The molecule has 0 spiro atoms. The van der Waals surface area contributed by atoms with Crippen molar-refractivity contribution < 1.29 is 52.2 Å². The fraction of sp³-hybridized carbons (Fsp3) is 0.422. The van der Waals surface area contributed by atoms with Crippen molar-refractivity contribution >= 4 is 11.9 Å². The number of hydrogen-bond acceptors (Lipinski definition) is 12. The molecule has 1 N–H and O–H groups in total. The second-order valence-electron chi connectivity index (χ2n) is 14.4. The van der Waals surface area contributed by atoms with Crippen LogP contribution in [0.2, 0.25) is 0 Å². The SMILES string of the molecule is CO[C@@H]1O[C@H](CN=[N+]=[N-])[C@@H](O[C@@H]2O[C@H](COCc3ccccc3)[C@H](OCc3ccccc3)[C@H](OCc3ccccc3)[C@H]2OC(C)=O)[C@H](OCc2ccccc2)[C@H]1NC(C)=O. The molecule has 0 bridgehead atoms. The van der Waals surface area contributed by atoms with E-state index in [1.165, 1.54) is 21.0 Å². The molecule has 2 aliphatic heterocycles. The lowest BCUT2D eigenvalue weighted by Gasteiger charge is -2.50. The summed E-state index contributed by atoms with van der Waals surface area (Å²) < 4.78 is 58.1. The van der Waals surface area contributed by atoms with Crippen molar-refractivity contribution in [2.75, 3.05) is 20.3 Å². The van der Waals surface area contributed by atoms with E-state index >= 15 is 0 Å². The normalized spacial score (nSPS) is 26.4. The number of nitrogens with zero attached hydrogens (tertiary/aromatic N) is 3.